The molecule has 1 aliphatic rings. The minimum Gasteiger partial charge on any atom is -0.497 e. The first kappa shape index (κ1) is 21.2. The SMILES string of the molecule is CN=C(NCc1csc(N(C)C)n1)NCc1ccc(OC)cc1OC1CCCC1. The van der Waals surface area contributed by atoms with Crippen LogP contribution in [0.4, 0.5) is 5.13 Å². The van der Waals surface area contributed by atoms with Gasteiger partial charge in [-0.25, -0.2) is 4.98 Å². The summed E-state index contributed by atoms with van der Waals surface area (Å²) in [5.41, 5.74) is 2.08. The van der Waals surface area contributed by atoms with E-state index in [9.17, 15) is 0 Å². The molecule has 0 unspecified atom stereocenters. The number of rotatable bonds is 8. The first-order valence-electron chi connectivity index (χ1n) is 9.99. The number of aliphatic imine (C=N–C) groups is 1. The molecule has 8 heteroatoms. The first-order valence-corrected chi connectivity index (χ1v) is 10.9. The summed E-state index contributed by atoms with van der Waals surface area (Å²) in [5.74, 6) is 2.42. The summed E-state index contributed by atoms with van der Waals surface area (Å²) in [6.07, 6.45) is 5.02. The lowest BCUT2D eigenvalue weighted by molar-refractivity contribution is 0.207. The van der Waals surface area contributed by atoms with E-state index in [1.54, 1.807) is 25.5 Å². The number of hydrogen-bond donors (Lipinski definition) is 2. The number of thiazole rings is 1. The van der Waals surface area contributed by atoms with E-state index >= 15 is 0 Å². The van der Waals surface area contributed by atoms with Crippen LogP contribution in [0.15, 0.2) is 28.6 Å². The van der Waals surface area contributed by atoms with E-state index in [1.807, 2.05) is 37.2 Å². The fourth-order valence-electron chi connectivity index (χ4n) is 3.26. The topological polar surface area (TPSA) is 71.0 Å². The van der Waals surface area contributed by atoms with Crippen molar-refractivity contribution in [1.82, 2.24) is 15.6 Å². The van der Waals surface area contributed by atoms with Crippen LogP contribution in [0, 0.1) is 0 Å². The molecule has 1 saturated carbocycles. The van der Waals surface area contributed by atoms with Gasteiger partial charge in [-0.05, 0) is 37.8 Å². The van der Waals surface area contributed by atoms with E-state index in [2.05, 4.69) is 26.0 Å². The number of aromatic nitrogens is 1. The second-order valence-corrected chi connectivity index (χ2v) is 8.13. The standard InChI is InChI=1S/C21H31N5O2S/c1-22-20(24-13-16-14-29-21(25-16)26(2)3)23-12-15-9-10-18(27-4)11-19(15)28-17-7-5-6-8-17/h9-11,14,17H,5-8,12-13H2,1-4H3,(H2,22,23,24). The van der Waals surface area contributed by atoms with Crippen molar-refractivity contribution >= 4 is 22.4 Å². The lowest BCUT2D eigenvalue weighted by atomic mass is 10.2. The Bertz CT molecular complexity index is 815. The van der Waals surface area contributed by atoms with Crippen LogP contribution >= 0.6 is 11.3 Å². The molecule has 0 amide bonds. The number of nitrogens with one attached hydrogen (secondary N) is 2. The van der Waals surface area contributed by atoms with Crippen molar-refractivity contribution in [2.75, 3.05) is 33.2 Å². The summed E-state index contributed by atoms with van der Waals surface area (Å²) in [7, 11) is 7.44. The summed E-state index contributed by atoms with van der Waals surface area (Å²) in [4.78, 5) is 10.9. The van der Waals surface area contributed by atoms with E-state index in [1.165, 1.54) is 12.8 Å². The van der Waals surface area contributed by atoms with Crippen LogP contribution in [-0.2, 0) is 13.1 Å². The summed E-state index contributed by atoms with van der Waals surface area (Å²) in [6.45, 7) is 1.24. The Morgan fingerprint density at radius 1 is 1.24 bits per heavy atom. The zero-order valence-electron chi connectivity index (χ0n) is 17.7. The third-order valence-electron chi connectivity index (χ3n) is 4.90. The van der Waals surface area contributed by atoms with Gasteiger partial charge in [0.2, 0.25) is 0 Å². The summed E-state index contributed by atoms with van der Waals surface area (Å²) in [5, 5.41) is 9.75. The van der Waals surface area contributed by atoms with Crippen molar-refractivity contribution in [3.63, 3.8) is 0 Å². The molecule has 2 aromatic rings. The van der Waals surface area contributed by atoms with Crippen LogP contribution in [0.3, 0.4) is 0 Å². The zero-order valence-corrected chi connectivity index (χ0v) is 18.5. The normalized spacial score (nSPS) is 14.7. The molecule has 0 bridgehead atoms. The van der Waals surface area contributed by atoms with Crippen molar-refractivity contribution < 1.29 is 9.47 Å². The number of ether oxygens (including phenoxy) is 2. The molecule has 0 spiro atoms. The highest BCUT2D eigenvalue weighted by molar-refractivity contribution is 7.13. The quantitative estimate of drug-likeness (QED) is 0.507. The van der Waals surface area contributed by atoms with Crippen LogP contribution in [-0.4, -0.2) is 45.3 Å². The molecule has 0 aliphatic heterocycles. The van der Waals surface area contributed by atoms with Crippen molar-refractivity contribution in [2.24, 2.45) is 4.99 Å². The van der Waals surface area contributed by atoms with Gasteiger partial charge < -0.3 is 25.0 Å². The van der Waals surface area contributed by atoms with Crippen molar-refractivity contribution in [3.05, 3.63) is 34.8 Å². The second-order valence-electron chi connectivity index (χ2n) is 7.29. The molecule has 3 rings (SSSR count). The molecule has 0 saturated heterocycles. The third kappa shape index (κ3) is 6.00. The molecule has 0 atom stereocenters. The maximum absolute atomic E-state index is 6.28. The largest absolute Gasteiger partial charge is 0.497 e. The number of nitrogens with zero attached hydrogens (tertiary/aromatic N) is 3. The highest BCUT2D eigenvalue weighted by atomic mass is 32.1. The smallest absolute Gasteiger partial charge is 0.191 e. The fraction of sp³-hybridized carbons (Fsp3) is 0.524. The molecule has 1 fully saturated rings. The van der Waals surface area contributed by atoms with Gasteiger partial charge in [-0.3, -0.25) is 4.99 Å². The third-order valence-corrected chi connectivity index (χ3v) is 5.96. The van der Waals surface area contributed by atoms with E-state index in [0.717, 1.165) is 46.7 Å². The number of guanidine groups is 1. The molecule has 1 aromatic carbocycles. The average Bonchev–Trinajstić information content (AvgIpc) is 3.41. The summed E-state index contributed by atoms with van der Waals surface area (Å²) >= 11 is 1.63. The minimum absolute atomic E-state index is 0.300. The highest BCUT2D eigenvalue weighted by Crippen LogP contribution is 2.30. The molecule has 158 valence electrons. The molecule has 0 radical (unpaired) electrons. The maximum atomic E-state index is 6.28. The zero-order chi connectivity index (χ0) is 20.6. The predicted octanol–water partition coefficient (Wildman–Crippen LogP) is 3.40. The number of anilines is 1. The summed E-state index contributed by atoms with van der Waals surface area (Å²) < 4.78 is 11.7. The molecule has 1 aromatic heterocycles. The second kappa shape index (κ2) is 10.3. The Morgan fingerprint density at radius 3 is 2.66 bits per heavy atom. The van der Waals surface area contributed by atoms with E-state index in [0.29, 0.717) is 19.2 Å². The summed E-state index contributed by atoms with van der Waals surface area (Å²) in [6, 6.07) is 5.99. The Labute approximate surface area is 177 Å². The van der Waals surface area contributed by atoms with E-state index < -0.39 is 0 Å². The monoisotopic (exact) mass is 417 g/mol. The van der Waals surface area contributed by atoms with Gasteiger partial charge in [-0.15, -0.1) is 11.3 Å². The molecule has 2 N–H and O–H groups in total. The van der Waals surface area contributed by atoms with Crippen LogP contribution < -0.4 is 25.0 Å². The van der Waals surface area contributed by atoms with Crippen LogP contribution in [0.5, 0.6) is 11.5 Å². The van der Waals surface area contributed by atoms with Gasteiger partial charge in [0.1, 0.15) is 11.5 Å². The van der Waals surface area contributed by atoms with Crippen molar-refractivity contribution in [1.29, 1.82) is 0 Å². The molecule has 1 heterocycles. The Balaban J connectivity index is 1.59. The van der Waals surface area contributed by atoms with E-state index in [-0.39, 0.29) is 0 Å². The van der Waals surface area contributed by atoms with Crippen LogP contribution in [0.1, 0.15) is 36.9 Å². The van der Waals surface area contributed by atoms with Gasteiger partial charge >= 0.3 is 0 Å². The van der Waals surface area contributed by atoms with Gasteiger partial charge in [-0.2, -0.15) is 0 Å². The Kier molecular flexibility index (Phi) is 7.57. The Hall–Kier alpha value is -2.48. The lowest BCUT2D eigenvalue weighted by Crippen LogP contribution is -2.36. The Morgan fingerprint density at radius 2 is 2.00 bits per heavy atom. The molecule has 29 heavy (non-hydrogen) atoms. The van der Waals surface area contributed by atoms with Gasteiger partial charge in [0, 0.05) is 44.7 Å². The van der Waals surface area contributed by atoms with Gasteiger partial charge in [0.15, 0.2) is 11.1 Å². The van der Waals surface area contributed by atoms with Gasteiger partial charge in [-0.1, -0.05) is 0 Å². The average molecular weight is 418 g/mol. The highest BCUT2D eigenvalue weighted by Gasteiger charge is 2.18. The van der Waals surface area contributed by atoms with Gasteiger partial charge in [0.05, 0.1) is 25.5 Å². The molecule has 1 aliphatic carbocycles. The van der Waals surface area contributed by atoms with E-state index in [4.69, 9.17) is 9.47 Å². The minimum atomic E-state index is 0.300. The van der Waals surface area contributed by atoms with Crippen molar-refractivity contribution in [2.45, 2.75) is 44.9 Å². The predicted molar refractivity (Wildman–Crippen MR) is 119 cm³/mol. The molecular weight excluding hydrogens is 386 g/mol. The molecule has 7 nitrogen and oxygen atoms in total. The molecular formula is C21H31N5O2S. The lowest BCUT2D eigenvalue weighted by Gasteiger charge is -2.18. The van der Waals surface area contributed by atoms with Crippen molar-refractivity contribution in [3.8, 4) is 11.5 Å². The van der Waals surface area contributed by atoms with Crippen LogP contribution in [0.2, 0.25) is 0 Å². The number of methoxy groups -OCH3 is 1. The first-order chi connectivity index (χ1) is 14.1. The van der Waals surface area contributed by atoms with Crippen LogP contribution in [0.25, 0.3) is 0 Å². The number of hydrogen-bond acceptors (Lipinski definition) is 6. The van der Waals surface area contributed by atoms with Gasteiger partial charge in [0.25, 0.3) is 0 Å². The number of benzene rings is 1. The maximum Gasteiger partial charge on any atom is 0.191 e. The fourth-order valence-corrected chi connectivity index (χ4v) is 4.02.